The second-order valence-electron chi connectivity index (χ2n) is 7.44. The van der Waals surface area contributed by atoms with Gasteiger partial charge in [-0.15, -0.1) is 0 Å². The molecule has 1 atom stereocenters. The summed E-state index contributed by atoms with van der Waals surface area (Å²) in [5.74, 6) is -1.67. The number of non-ortho nitro benzene ring substituents is 1. The molecule has 3 aromatic rings. The van der Waals surface area contributed by atoms with Crippen LogP contribution < -0.4 is 16.1 Å². The predicted octanol–water partition coefficient (Wildman–Crippen LogP) is 3.09. The number of carbonyl (C=O) groups excluding carboxylic acids is 3. The molecule has 0 fully saturated rings. The van der Waals surface area contributed by atoms with E-state index in [0.29, 0.717) is 11.3 Å². The van der Waals surface area contributed by atoms with Gasteiger partial charge in [-0.25, -0.2) is 5.48 Å². The summed E-state index contributed by atoms with van der Waals surface area (Å²) in [6, 6.07) is 19.8. The molecule has 4 N–H and O–H groups in total. The smallest absolute Gasteiger partial charge is 0.274 e. The van der Waals surface area contributed by atoms with E-state index in [0.717, 1.165) is 5.56 Å². The van der Waals surface area contributed by atoms with Crippen LogP contribution in [0.15, 0.2) is 84.9 Å². The lowest BCUT2D eigenvalue weighted by molar-refractivity contribution is -0.384. The van der Waals surface area contributed by atoms with Gasteiger partial charge >= 0.3 is 0 Å². The zero-order valence-electron chi connectivity index (χ0n) is 18.4. The molecule has 0 aliphatic carbocycles. The highest BCUT2D eigenvalue weighted by Gasteiger charge is 2.21. The largest absolute Gasteiger partial charge is 0.340 e. The van der Waals surface area contributed by atoms with Crippen molar-refractivity contribution in [1.82, 2.24) is 10.8 Å². The number of nitrogens with one attached hydrogen (secondary N) is 3. The second kappa shape index (κ2) is 11.9. The van der Waals surface area contributed by atoms with Gasteiger partial charge in [0.05, 0.1) is 4.92 Å². The average Bonchev–Trinajstić information content (AvgIpc) is 2.88. The van der Waals surface area contributed by atoms with Crippen molar-refractivity contribution in [1.29, 1.82) is 0 Å². The summed E-state index contributed by atoms with van der Waals surface area (Å²) in [6.45, 7) is 0. The number of nitro groups is 1. The first-order chi connectivity index (χ1) is 16.9. The summed E-state index contributed by atoms with van der Waals surface area (Å²) in [6.07, 6.45) is 2.96. The summed E-state index contributed by atoms with van der Waals surface area (Å²) in [4.78, 5) is 47.2. The summed E-state index contributed by atoms with van der Waals surface area (Å²) < 4.78 is 0. The third kappa shape index (κ3) is 7.34. The molecule has 10 nitrogen and oxygen atoms in total. The number of nitrogens with zero attached hydrogens (tertiary/aromatic N) is 1. The summed E-state index contributed by atoms with van der Waals surface area (Å²) in [5, 5.41) is 24.9. The lowest BCUT2D eigenvalue weighted by atomic mass is 10.0. The third-order valence-electron chi connectivity index (χ3n) is 4.96. The lowest BCUT2D eigenvalue weighted by Crippen LogP contribution is -2.44. The minimum atomic E-state index is -0.910. The van der Waals surface area contributed by atoms with Crippen molar-refractivity contribution in [2.45, 2.75) is 12.5 Å². The van der Waals surface area contributed by atoms with E-state index in [4.69, 9.17) is 5.21 Å². The molecule has 35 heavy (non-hydrogen) atoms. The highest BCUT2D eigenvalue weighted by atomic mass is 16.6. The van der Waals surface area contributed by atoms with Crippen molar-refractivity contribution < 1.29 is 24.5 Å². The Hall–Kier alpha value is -4.83. The minimum Gasteiger partial charge on any atom is -0.340 e. The Morgan fingerprint density at radius 3 is 2.20 bits per heavy atom. The monoisotopic (exact) mass is 474 g/mol. The van der Waals surface area contributed by atoms with Crippen LogP contribution in [0.1, 0.15) is 21.5 Å². The molecular weight excluding hydrogens is 452 g/mol. The number of hydrogen-bond acceptors (Lipinski definition) is 6. The molecule has 0 aliphatic rings. The maximum atomic E-state index is 13.0. The van der Waals surface area contributed by atoms with Crippen LogP contribution in [0.3, 0.4) is 0 Å². The number of hydroxylamine groups is 1. The standard InChI is InChI=1S/C25H22N4O6/c30-23(15-8-17-6-13-21(14-7-17)29(34)35)27-22(16-18-4-2-1-3-5-18)25(32)26-20-11-9-19(10-12-20)24(31)28-33/h1-15,22,33H,16H2,(H,26,32)(H,27,30)(H,28,31)/b15-8+/t22-/m0/s1. The number of carbonyl (C=O) groups is 3. The Bertz CT molecular complexity index is 1230. The fourth-order valence-electron chi connectivity index (χ4n) is 3.16. The van der Waals surface area contributed by atoms with Crippen molar-refractivity contribution in [3.63, 3.8) is 0 Å². The number of hydrogen-bond donors (Lipinski definition) is 4. The maximum Gasteiger partial charge on any atom is 0.274 e. The van der Waals surface area contributed by atoms with E-state index in [1.54, 1.807) is 0 Å². The van der Waals surface area contributed by atoms with Crippen molar-refractivity contribution >= 4 is 35.2 Å². The van der Waals surface area contributed by atoms with Crippen molar-refractivity contribution in [3.05, 3.63) is 112 Å². The van der Waals surface area contributed by atoms with Gasteiger partial charge in [0, 0.05) is 35.9 Å². The highest BCUT2D eigenvalue weighted by molar-refractivity contribution is 6.00. The first-order valence-corrected chi connectivity index (χ1v) is 10.5. The van der Waals surface area contributed by atoms with E-state index in [1.165, 1.54) is 66.2 Å². The second-order valence-corrected chi connectivity index (χ2v) is 7.44. The van der Waals surface area contributed by atoms with Crippen LogP contribution in [0, 0.1) is 10.1 Å². The molecule has 0 radical (unpaired) electrons. The van der Waals surface area contributed by atoms with Gasteiger partial charge in [-0.05, 0) is 53.6 Å². The first-order valence-electron chi connectivity index (χ1n) is 10.5. The quantitative estimate of drug-likeness (QED) is 0.162. The number of anilines is 1. The van der Waals surface area contributed by atoms with Crippen molar-refractivity contribution in [3.8, 4) is 0 Å². The van der Waals surface area contributed by atoms with Crippen LogP contribution in [0.5, 0.6) is 0 Å². The van der Waals surface area contributed by atoms with E-state index in [-0.39, 0.29) is 17.7 Å². The molecule has 10 heteroatoms. The third-order valence-corrected chi connectivity index (χ3v) is 4.96. The Morgan fingerprint density at radius 1 is 0.943 bits per heavy atom. The number of nitro benzene ring substituents is 1. The normalized spacial score (nSPS) is 11.5. The van der Waals surface area contributed by atoms with E-state index < -0.39 is 28.7 Å². The van der Waals surface area contributed by atoms with Crippen LogP contribution in [0.25, 0.3) is 6.08 Å². The summed E-state index contributed by atoms with van der Waals surface area (Å²) in [7, 11) is 0. The molecule has 0 spiro atoms. The van der Waals surface area contributed by atoms with Gasteiger partial charge in [0.2, 0.25) is 11.8 Å². The number of amides is 3. The Morgan fingerprint density at radius 2 is 1.60 bits per heavy atom. The van der Waals surface area contributed by atoms with Crippen molar-refractivity contribution in [2.24, 2.45) is 0 Å². The van der Waals surface area contributed by atoms with Crippen LogP contribution >= 0.6 is 0 Å². The Labute approximate surface area is 200 Å². The van der Waals surface area contributed by atoms with E-state index in [2.05, 4.69) is 10.6 Å². The molecule has 178 valence electrons. The zero-order chi connectivity index (χ0) is 25.2. The molecule has 3 rings (SSSR count). The van der Waals surface area contributed by atoms with E-state index >= 15 is 0 Å². The van der Waals surface area contributed by atoms with Gasteiger partial charge in [-0.3, -0.25) is 29.7 Å². The average molecular weight is 474 g/mol. The molecule has 0 aromatic heterocycles. The molecule has 0 unspecified atom stereocenters. The highest BCUT2D eigenvalue weighted by Crippen LogP contribution is 2.14. The Kier molecular flexibility index (Phi) is 8.41. The summed E-state index contributed by atoms with van der Waals surface area (Å²) in [5.41, 5.74) is 3.50. The van der Waals surface area contributed by atoms with Crippen LogP contribution in [-0.4, -0.2) is 33.9 Å². The lowest BCUT2D eigenvalue weighted by Gasteiger charge is -2.18. The first kappa shape index (κ1) is 24.8. The molecular formula is C25H22N4O6. The zero-order valence-corrected chi connectivity index (χ0v) is 18.4. The Balaban J connectivity index is 1.71. The molecule has 0 heterocycles. The fourth-order valence-corrected chi connectivity index (χ4v) is 3.16. The van der Waals surface area contributed by atoms with Crippen molar-refractivity contribution in [2.75, 3.05) is 5.32 Å². The van der Waals surface area contributed by atoms with Gasteiger partial charge in [0.1, 0.15) is 6.04 Å². The topological polar surface area (TPSA) is 151 Å². The van der Waals surface area contributed by atoms with E-state index in [1.807, 2.05) is 30.3 Å². The number of rotatable bonds is 9. The molecule has 0 saturated carbocycles. The van der Waals surface area contributed by atoms with Gasteiger partial charge < -0.3 is 10.6 Å². The minimum absolute atomic E-state index is 0.0591. The maximum absolute atomic E-state index is 13.0. The van der Waals surface area contributed by atoms with Crippen LogP contribution in [0.4, 0.5) is 11.4 Å². The van der Waals surface area contributed by atoms with Gasteiger partial charge in [0.25, 0.3) is 11.6 Å². The fraction of sp³-hybridized carbons (Fsp3) is 0.0800. The van der Waals surface area contributed by atoms with Crippen LogP contribution in [0.2, 0.25) is 0 Å². The predicted molar refractivity (Wildman–Crippen MR) is 129 cm³/mol. The van der Waals surface area contributed by atoms with Gasteiger partial charge in [-0.1, -0.05) is 30.3 Å². The van der Waals surface area contributed by atoms with E-state index in [9.17, 15) is 24.5 Å². The van der Waals surface area contributed by atoms with Gasteiger partial charge in [0.15, 0.2) is 0 Å². The van der Waals surface area contributed by atoms with Crippen LogP contribution in [-0.2, 0) is 16.0 Å². The number of benzene rings is 3. The molecule has 0 aliphatic heterocycles. The summed E-state index contributed by atoms with van der Waals surface area (Å²) >= 11 is 0. The molecule has 3 aromatic carbocycles. The molecule has 0 bridgehead atoms. The SMILES string of the molecule is O=C(/C=C/c1ccc([N+](=O)[O-])cc1)N[C@@H](Cc1ccccc1)C(=O)Nc1ccc(C(=O)NO)cc1. The van der Waals surface area contributed by atoms with Gasteiger partial charge in [-0.2, -0.15) is 0 Å². The molecule has 0 saturated heterocycles. The molecule has 3 amide bonds.